The van der Waals surface area contributed by atoms with E-state index < -0.39 is 46.2 Å². The van der Waals surface area contributed by atoms with E-state index >= 15 is 0 Å². The first kappa shape index (κ1) is 23.6. The average molecular weight is 477 g/mol. The molecule has 1 aliphatic heterocycles. The first-order valence-electron chi connectivity index (χ1n) is 10.7. The van der Waals surface area contributed by atoms with Gasteiger partial charge < -0.3 is 10.1 Å². The molecular formula is C25H20FN3O6. The molecule has 1 aliphatic rings. The van der Waals surface area contributed by atoms with Crippen LogP contribution in [0.25, 0.3) is 0 Å². The number of nitro benzene ring substituents is 1. The molecule has 0 aliphatic carbocycles. The van der Waals surface area contributed by atoms with Gasteiger partial charge in [0.15, 0.2) is 11.6 Å². The number of para-hydroxylation sites is 1. The maximum atomic E-state index is 14.0. The number of rotatable bonds is 8. The number of nitrogens with zero attached hydrogens (tertiary/aromatic N) is 2. The minimum Gasteiger partial charge on any atom is -0.488 e. The van der Waals surface area contributed by atoms with Gasteiger partial charge in [-0.2, -0.15) is 0 Å². The summed E-state index contributed by atoms with van der Waals surface area (Å²) in [5.41, 5.74) is -0.324. The molecule has 0 bridgehead atoms. The summed E-state index contributed by atoms with van der Waals surface area (Å²) in [5.74, 6) is -2.96. The summed E-state index contributed by atoms with van der Waals surface area (Å²) in [6, 6.07) is 16.3. The Kier molecular flexibility index (Phi) is 6.54. The highest BCUT2D eigenvalue weighted by Crippen LogP contribution is 2.32. The zero-order valence-corrected chi connectivity index (χ0v) is 18.5. The number of hydrogen-bond donors (Lipinski definition) is 1. The summed E-state index contributed by atoms with van der Waals surface area (Å²) in [6.45, 7) is 1.22. The first-order chi connectivity index (χ1) is 16.8. The summed E-state index contributed by atoms with van der Waals surface area (Å²) in [6.07, 6.45) is 0. The lowest BCUT2D eigenvalue weighted by atomic mass is 10.1. The number of amides is 3. The monoisotopic (exact) mass is 477 g/mol. The molecule has 1 heterocycles. The average Bonchev–Trinajstić information content (AvgIpc) is 3.12. The van der Waals surface area contributed by atoms with E-state index in [9.17, 15) is 28.9 Å². The summed E-state index contributed by atoms with van der Waals surface area (Å²) in [5, 5.41) is 14.1. The molecule has 0 aromatic heterocycles. The maximum absolute atomic E-state index is 14.0. The van der Waals surface area contributed by atoms with E-state index in [4.69, 9.17) is 4.74 Å². The van der Waals surface area contributed by atoms with Crippen molar-refractivity contribution >= 4 is 23.4 Å². The van der Waals surface area contributed by atoms with Gasteiger partial charge in [0, 0.05) is 6.07 Å². The van der Waals surface area contributed by atoms with Crippen LogP contribution in [-0.2, 0) is 4.79 Å². The lowest BCUT2D eigenvalue weighted by Crippen LogP contribution is -2.49. The normalized spacial score (nSPS) is 14.3. The van der Waals surface area contributed by atoms with Crippen molar-refractivity contribution in [2.75, 3.05) is 6.61 Å². The third-order valence-corrected chi connectivity index (χ3v) is 5.65. The van der Waals surface area contributed by atoms with E-state index in [0.717, 1.165) is 6.07 Å². The zero-order valence-electron chi connectivity index (χ0n) is 18.5. The molecule has 9 nitrogen and oxygen atoms in total. The molecule has 0 spiro atoms. The Balaban J connectivity index is 1.55. The Morgan fingerprint density at radius 1 is 1.03 bits per heavy atom. The van der Waals surface area contributed by atoms with Crippen molar-refractivity contribution in [1.29, 1.82) is 0 Å². The molecule has 35 heavy (non-hydrogen) atoms. The Morgan fingerprint density at radius 3 is 2.40 bits per heavy atom. The van der Waals surface area contributed by atoms with Crippen molar-refractivity contribution in [3.05, 3.63) is 105 Å². The number of nitrogens with one attached hydrogen (secondary N) is 1. The van der Waals surface area contributed by atoms with Crippen LogP contribution >= 0.6 is 0 Å². The SMILES string of the molecule is CC(C(=O)NC(COc1ccccc1F)c1ccccc1)N1C(=O)c2cccc([N+](=O)[O-])c2C1=O. The summed E-state index contributed by atoms with van der Waals surface area (Å²) < 4.78 is 19.6. The van der Waals surface area contributed by atoms with Crippen LogP contribution in [0.15, 0.2) is 72.8 Å². The molecule has 3 aromatic carbocycles. The topological polar surface area (TPSA) is 119 Å². The minimum atomic E-state index is -1.28. The van der Waals surface area contributed by atoms with E-state index in [1.807, 2.05) is 0 Å². The molecule has 4 rings (SSSR count). The molecule has 3 amide bonds. The van der Waals surface area contributed by atoms with Gasteiger partial charge in [-0.05, 0) is 30.7 Å². The molecular weight excluding hydrogens is 457 g/mol. The van der Waals surface area contributed by atoms with Gasteiger partial charge in [0.05, 0.1) is 16.5 Å². The molecule has 0 saturated carbocycles. The summed E-state index contributed by atoms with van der Waals surface area (Å²) in [4.78, 5) is 50.2. The second-order valence-corrected chi connectivity index (χ2v) is 7.83. The molecule has 0 fully saturated rings. The van der Waals surface area contributed by atoms with Crippen molar-refractivity contribution in [2.45, 2.75) is 19.0 Å². The fourth-order valence-electron chi connectivity index (χ4n) is 3.84. The molecule has 10 heteroatoms. The molecule has 1 N–H and O–H groups in total. The van der Waals surface area contributed by atoms with E-state index in [1.54, 1.807) is 36.4 Å². The van der Waals surface area contributed by atoms with Gasteiger partial charge in [-0.25, -0.2) is 4.39 Å². The first-order valence-corrected chi connectivity index (χ1v) is 10.7. The van der Waals surface area contributed by atoms with Gasteiger partial charge in [0.1, 0.15) is 18.2 Å². The van der Waals surface area contributed by atoms with Crippen LogP contribution in [0.4, 0.5) is 10.1 Å². The zero-order chi connectivity index (χ0) is 25.1. The molecule has 0 saturated heterocycles. The minimum absolute atomic E-state index is 0.00314. The maximum Gasteiger partial charge on any atom is 0.282 e. The number of carbonyl (C=O) groups excluding carboxylic acids is 3. The Bertz CT molecular complexity index is 1310. The van der Waals surface area contributed by atoms with Crippen LogP contribution in [0, 0.1) is 15.9 Å². The molecule has 3 aromatic rings. The van der Waals surface area contributed by atoms with Gasteiger partial charge >= 0.3 is 0 Å². The van der Waals surface area contributed by atoms with Gasteiger partial charge in [-0.1, -0.05) is 48.5 Å². The summed E-state index contributed by atoms with van der Waals surface area (Å²) >= 11 is 0. The third kappa shape index (κ3) is 4.58. The number of ether oxygens (including phenoxy) is 1. The van der Waals surface area contributed by atoms with Crippen molar-refractivity contribution < 1.29 is 28.4 Å². The quantitative estimate of drug-likeness (QED) is 0.301. The Hall–Kier alpha value is -4.60. The number of imide groups is 1. The van der Waals surface area contributed by atoms with E-state index in [-0.39, 0.29) is 23.5 Å². The van der Waals surface area contributed by atoms with Crippen LogP contribution in [0.3, 0.4) is 0 Å². The van der Waals surface area contributed by atoms with Crippen molar-refractivity contribution in [2.24, 2.45) is 0 Å². The predicted octanol–water partition coefficient (Wildman–Crippen LogP) is 3.65. The largest absolute Gasteiger partial charge is 0.488 e. The van der Waals surface area contributed by atoms with Crippen molar-refractivity contribution in [3.8, 4) is 5.75 Å². The molecule has 2 unspecified atom stereocenters. The van der Waals surface area contributed by atoms with Crippen LogP contribution in [0.2, 0.25) is 0 Å². The van der Waals surface area contributed by atoms with Gasteiger partial charge in [-0.3, -0.25) is 29.4 Å². The van der Waals surface area contributed by atoms with E-state index in [1.165, 1.54) is 37.3 Å². The third-order valence-electron chi connectivity index (χ3n) is 5.65. The van der Waals surface area contributed by atoms with Gasteiger partial charge in [0.25, 0.3) is 17.5 Å². The second-order valence-electron chi connectivity index (χ2n) is 7.83. The van der Waals surface area contributed by atoms with E-state index in [2.05, 4.69) is 5.32 Å². The lowest BCUT2D eigenvalue weighted by Gasteiger charge is -2.25. The standard InChI is InChI=1S/C25H20FN3O6/c1-15(28-24(31)17-10-7-12-20(29(33)34)22(17)25(28)32)23(30)27-19(16-8-3-2-4-9-16)14-35-21-13-6-5-11-18(21)26/h2-13,15,19H,14H2,1H3,(H,27,30). The fourth-order valence-corrected chi connectivity index (χ4v) is 3.84. The number of fused-ring (bicyclic) bond motifs is 1. The van der Waals surface area contributed by atoms with Gasteiger partial charge in [-0.15, -0.1) is 0 Å². The number of carbonyl (C=O) groups is 3. The highest BCUT2D eigenvalue weighted by molar-refractivity contribution is 6.24. The van der Waals surface area contributed by atoms with E-state index in [0.29, 0.717) is 10.5 Å². The molecule has 178 valence electrons. The highest BCUT2D eigenvalue weighted by Gasteiger charge is 2.45. The number of halogens is 1. The summed E-state index contributed by atoms with van der Waals surface area (Å²) in [7, 11) is 0. The number of benzene rings is 3. The number of hydrogen-bond acceptors (Lipinski definition) is 6. The van der Waals surface area contributed by atoms with Crippen LogP contribution in [0.5, 0.6) is 5.75 Å². The van der Waals surface area contributed by atoms with Crippen molar-refractivity contribution in [1.82, 2.24) is 10.2 Å². The predicted molar refractivity (Wildman–Crippen MR) is 122 cm³/mol. The fraction of sp³-hybridized carbons (Fsp3) is 0.160. The van der Waals surface area contributed by atoms with Crippen LogP contribution < -0.4 is 10.1 Å². The van der Waals surface area contributed by atoms with Crippen LogP contribution in [-0.4, -0.2) is 40.2 Å². The molecule has 2 atom stereocenters. The Labute approximate surface area is 199 Å². The number of nitro groups is 1. The second kappa shape index (κ2) is 9.72. The van der Waals surface area contributed by atoms with Gasteiger partial charge in [0.2, 0.25) is 5.91 Å². The highest BCUT2D eigenvalue weighted by atomic mass is 19.1. The Morgan fingerprint density at radius 2 is 1.71 bits per heavy atom. The van der Waals surface area contributed by atoms with Crippen LogP contribution in [0.1, 0.15) is 39.2 Å². The smallest absolute Gasteiger partial charge is 0.282 e. The van der Waals surface area contributed by atoms with Crippen molar-refractivity contribution in [3.63, 3.8) is 0 Å². The lowest BCUT2D eigenvalue weighted by molar-refractivity contribution is -0.385. The molecule has 0 radical (unpaired) electrons.